The van der Waals surface area contributed by atoms with Crippen molar-refractivity contribution in [2.45, 2.75) is 0 Å². The van der Waals surface area contributed by atoms with Crippen molar-refractivity contribution in [3.05, 3.63) is 34.6 Å². The lowest BCUT2D eigenvalue weighted by atomic mass is 10.1. The summed E-state index contributed by atoms with van der Waals surface area (Å²) in [5.41, 5.74) is 0.0272. The van der Waals surface area contributed by atoms with E-state index in [1.165, 1.54) is 12.1 Å². The van der Waals surface area contributed by atoms with Crippen LogP contribution in [0.4, 0.5) is 4.39 Å². The molecule has 12 heavy (non-hydrogen) atoms. The van der Waals surface area contributed by atoms with Gasteiger partial charge in [-0.3, -0.25) is 4.79 Å². The predicted molar refractivity (Wildman–Crippen MR) is 49.5 cm³/mol. The number of benzene rings is 1. The number of hydrogen-bond acceptors (Lipinski definition) is 1. The van der Waals surface area contributed by atoms with E-state index in [-0.39, 0.29) is 21.7 Å². The Labute approximate surface area is 82.7 Å². The fourth-order valence-electron chi connectivity index (χ4n) is 0.791. The summed E-state index contributed by atoms with van der Waals surface area (Å²) in [5, 5.41) is 0.0753. The largest absolute Gasteiger partial charge is 0.293 e. The van der Waals surface area contributed by atoms with Gasteiger partial charge in [0.15, 0.2) is 11.6 Å². The minimum Gasteiger partial charge on any atom is -0.293 e. The highest BCUT2D eigenvalue weighted by atomic mass is 79.9. The normalized spacial score (nSPS) is 9.92. The lowest BCUT2D eigenvalue weighted by Crippen LogP contribution is -2.03. The molecule has 0 amide bonds. The molecule has 4 heteroatoms. The van der Waals surface area contributed by atoms with Gasteiger partial charge in [0.25, 0.3) is 0 Å². The lowest BCUT2D eigenvalue weighted by molar-refractivity contribution is 0.102. The van der Waals surface area contributed by atoms with Crippen LogP contribution in [0.3, 0.4) is 0 Å². The third-order valence-electron chi connectivity index (χ3n) is 1.37. The number of alkyl halides is 1. The van der Waals surface area contributed by atoms with Gasteiger partial charge in [0, 0.05) is 0 Å². The van der Waals surface area contributed by atoms with Crippen LogP contribution in [-0.2, 0) is 0 Å². The Morgan fingerprint density at radius 1 is 1.58 bits per heavy atom. The zero-order valence-corrected chi connectivity index (χ0v) is 8.32. The van der Waals surface area contributed by atoms with Crippen LogP contribution in [0.1, 0.15) is 10.4 Å². The van der Waals surface area contributed by atoms with E-state index in [0.29, 0.717) is 0 Å². The zero-order chi connectivity index (χ0) is 9.14. The molecule has 0 atom stereocenters. The molecule has 1 aromatic rings. The Kier molecular flexibility index (Phi) is 3.23. The molecule has 0 unspecified atom stereocenters. The molecule has 0 heterocycles. The summed E-state index contributed by atoms with van der Waals surface area (Å²) in [6.45, 7) is 0. The Bertz CT molecular complexity index is 314. The summed E-state index contributed by atoms with van der Waals surface area (Å²) in [7, 11) is 0. The molecule has 0 aliphatic heterocycles. The third kappa shape index (κ3) is 1.84. The van der Waals surface area contributed by atoms with Crippen LogP contribution in [-0.4, -0.2) is 11.1 Å². The molecule has 0 radical (unpaired) electrons. The van der Waals surface area contributed by atoms with Gasteiger partial charge in [0.05, 0.1) is 15.9 Å². The van der Waals surface area contributed by atoms with Crippen LogP contribution < -0.4 is 0 Å². The van der Waals surface area contributed by atoms with Gasteiger partial charge in [-0.15, -0.1) is 0 Å². The van der Waals surface area contributed by atoms with Crippen LogP contribution in [0.5, 0.6) is 0 Å². The monoisotopic (exact) mass is 250 g/mol. The van der Waals surface area contributed by atoms with Gasteiger partial charge in [-0.25, -0.2) is 4.39 Å². The van der Waals surface area contributed by atoms with E-state index in [1.54, 1.807) is 6.07 Å². The highest BCUT2D eigenvalue weighted by Gasteiger charge is 2.11. The second-order valence-electron chi connectivity index (χ2n) is 2.16. The van der Waals surface area contributed by atoms with Crippen LogP contribution in [0.15, 0.2) is 18.2 Å². The molecule has 0 bridgehead atoms. The average Bonchev–Trinajstić information content (AvgIpc) is 2.08. The predicted octanol–water partition coefficient (Wildman–Crippen LogP) is 3.06. The second-order valence-corrected chi connectivity index (χ2v) is 3.13. The minimum absolute atomic E-state index is 0.0261. The van der Waals surface area contributed by atoms with Crippen LogP contribution >= 0.6 is 27.5 Å². The van der Waals surface area contributed by atoms with Crippen molar-refractivity contribution in [3.63, 3.8) is 0 Å². The van der Waals surface area contributed by atoms with Gasteiger partial charge in [-0.05, 0) is 12.1 Å². The SMILES string of the molecule is O=C(CBr)c1cccc(Cl)c1F. The van der Waals surface area contributed by atoms with E-state index in [2.05, 4.69) is 15.9 Å². The molecule has 0 fully saturated rings. The van der Waals surface area contributed by atoms with E-state index in [1.807, 2.05) is 0 Å². The van der Waals surface area contributed by atoms with E-state index in [4.69, 9.17) is 11.6 Å². The van der Waals surface area contributed by atoms with Gasteiger partial charge in [0.1, 0.15) is 0 Å². The number of carbonyl (C=O) groups excluding carboxylic acids is 1. The fraction of sp³-hybridized carbons (Fsp3) is 0.125. The van der Waals surface area contributed by atoms with E-state index in [0.717, 1.165) is 0 Å². The Morgan fingerprint density at radius 2 is 2.25 bits per heavy atom. The maximum Gasteiger partial charge on any atom is 0.176 e. The summed E-state index contributed by atoms with van der Waals surface area (Å²) < 4.78 is 13.1. The molecule has 0 saturated heterocycles. The molecule has 0 aliphatic carbocycles. The number of halogens is 3. The van der Waals surface area contributed by atoms with Crippen LogP contribution in [0.25, 0.3) is 0 Å². The summed E-state index contributed by atoms with van der Waals surface area (Å²) >= 11 is 8.42. The molecule has 1 aromatic carbocycles. The van der Waals surface area contributed by atoms with Crippen molar-refractivity contribution < 1.29 is 9.18 Å². The molecular formula is C8H5BrClFO. The third-order valence-corrected chi connectivity index (χ3v) is 2.17. The number of ketones is 1. The lowest BCUT2D eigenvalue weighted by Gasteiger charge is -1.99. The quantitative estimate of drug-likeness (QED) is 0.583. The van der Waals surface area contributed by atoms with Crippen molar-refractivity contribution in [3.8, 4) is 0 Å². The van der Waals surface area contributed by atoms with Crippen LogP contribution in [0, 0.1) is 5.82 Å². The maximum atomic E-state index is 13.1. The number of hydrogen-bond donors (Lipinski definition) is 0. The molecule has 64 valence electrons. The molecule has 0 spiro atoms. The Morgan fingerprint density at radius 3 is 2.83 bits per heavy atom. The molecule has 0 aliphatic rings. The van der Waals surface area contributed by atoms with E-state index >= 15 is 0 Å². The number of Topliss-reactive ketones (excluding diaryl/α,β-unsaturated/α-hetero) is 1. The minimum atomic E-state index is -0.649. The second kappa shape index (κ2) is 4.01. The topological polar surface area (TPSA) is 17.1 Å². The van der Waals surface area contributed by atoms with Gasteiger partial charge >= 0.3 is 0 Å². The van der Waals surface area contributed by atoms with Crippen LogP contribution in [0.2, 0.25) is 5.02 Å². The first-order valence-corrected chi connectivity index (χ1v) is 4.70. The average molecular weight is 251 g/mol. The summed E-state index contributed by atoms with van der Waals surface area (Å²) in [5.74, 6) is -0.960. The first-order chi connectivity index (χ1) is 5.66. The highest BCUT2D eigenvalue weighted by Crippen LogP contribution is 2.18. The molecule has 1 nitrogen and oxygen atoms in total. The van der Waals surface area contributed by atoms with Crippen molar-refractivity contribution in [1.82, 2.24) is 0 Å². The fourth-order valence-corrected chi connectivity index (χ4v) is 1.27. The number of carbonyl (C=O) groups is 1. The van der Waals surface area contributed by atoms with Gasteiger partial charge in [-0.1, -0.05) is 33.6 Å². The van der Waals surface area contributed by atoms with Crippen molar-refractivity contribution >= 4 is 33.3 Å². The summed E-state index contributed by atoms with van der Waals surface area (Å²) in [6, 6.07) is 4.36. The maximum absolute atomic E-state index is 13.1. The highest BCUT2D eigenvalue weighted by molar-refractivity contribution is 9.09. The molecule has 0 N–H and O–H groups in total. The van der Waals surface area contributed by atoms with Gasteiger partial charge in [0.2, 0.25) is 0 Å². The van der Waals surface area contributed by atoms with Gasteiger partial charge < -0.3 is 0 Å². The standard InChI is InChI=1S/C8H5BrClFO/c9-4-7(12)5-2-1-3-6(10)8(5)11/h1-3H,4H2. The first kappa shape index (κ1) is 9.68. The van der Waals surface area contributed by atoms with E-state index in [9.17, 15) is 9.18 Å². The molecule has 0 saturated carbocycles. The van der Waals surface area contributed by atoms with Crippen molar-refractivity contribution in [2.24, 2.45) is 0 Å². The molecule has 0 aromatic heterocycles. The first-order valence-electron chi connectivity index (χ1n) is 3.20. The zero-order valence-electron chi connectivity index (χ0n) is 5.98. The van der Waals surface area contributed by atoms with E-state index < -0.39 is 5.82 Å². The van der Waals surface area contributed by atoms with Gasteiger partial charge in [-0.2, -0.15) is 0 Å². The summed E-state index contributed by atoms with van der Waals surface area (Å²) in [4.78, 5) is 11.0. The smallest absolute Gasteiger partial charge is 0.176 e. The molecular weight excluding hydrogens is 246 g/mol. The number of rotatable bonds is 2. The Balaban J connectivity index is 3.16. The summed E-state index contributed by atoms with van der Waals surface area (Å²) in [6.07, 6.45) is 0. The van der Waals surface area contributed by atoms with Crippen molar-refractivity contribution in [1.29, 1.82) is 0 Å². The Hall–Kier alpha value is -0.410. The van der Waals surface area contributed by atoms with Crippen molar-refractivity contribution in [2.75, 3.05) is 5.33 Å². The molecule has 1 rings (SSSR count).